The number of anilines is 1. The maximum absolute atomic E-state index is 10.9. The van der Waals surface area contributed by atoms with Crippen LogP contribution in [0.25, 0.3) is 0 Å². The zero-order valence-corrected chi connectivity index (χ0v) is 9.68. The summed E-state index contributed by atoms with van der Waals surface area (Å²) in [4.78, 5) is 12.9. The van der Waals surface area contributed by atoms with Gasteiger partial charge in [-0.1, -0.05) is 0 Å². The van der Waals surface area contributed by atoms with Gasteiger partial charge in [-0.3, -0.25) is 0 Å². The van der Waals surface area contributed by atoms with Gasteiger partial charge in [0.15, 0.2) is 0 Å². The molecule has 0 aromatic heterocycles. The van der Waals surface area contributed by atoms with Crippen molar-refractivity contribution < 1.29 is 9.90 Å². The number of aryl methyl sites for hydroxylation is 1. The molecule has 0 amide bonds. The van der Waals surface area contributed by atoms with Crippen LogP contribution in [0.2, 0.25) is 0 Å². The number of carboxylic acid groups (broad SMARTS) is 1. The standard InChI is InChI=1S/C13H14N2O2/c1-9(8-14)15-6-2-3-10-7-11(13(16)17)4-5-12(10)15/h4-5,7,9H,2-3,6H2,1H3,(H,16,17). The first kappa shape index (κ1) is 11.5. The molecule has 0 saturated heterocycles. The van der Waals surface area contributed by atoms with Crippen LogP contribution in [-0.4, -0.2) is 23.7 Å². The normalized spacial score (nSPS) is 15.9. The second-order valence-electron chi connectivity index (χ2n) is 4.25. The smallest absolute Gasteiger partial charge is 0.335 e. The van der Waals surface area contributed by atoms with Gasteiger partial charge in [0.25, 0.3) is 0 Å². The Morgan fingerprint density at radius 3 is 3.00 bits per heavy atom. The maximum Gasteiger partial charge on any atom is 0.335 e. The number of hydrogen-bond donors (Lipinski definition) is 1. The Morgan fingerprint density at radius 1 is 1.59 bits per heavy atom. The molecule has 0 saturated carbocycles. The molecule has 4 heteroatoms. The SMILES string of the molecule is CC(C#N)N1CCCc2cc(C(=O)O)ccc21. The van der Waals surface area contributed by atoms with Gasteiger partial charge in [-0.15, -0.1) is 0 Å². The van der Waals surface area contributed by atoms with Crippen LogP contribution >= 0.6 is 0 Å². The molecule has 17 heavy (non-hydrogen) atoms. The second kappa shape index (κ2) is 4.46. The number of nitrogens with zero attached hydrogens (tertiary/aromatic N) is 2. The van der Waals surface area contributed by atoms with Gasteiger partial charge in [0.1, 0.15) is 6.04 Å². The summed E-state index contributed by atoms with van der Waals surface area (Å²) in [6, 6.07) is 7.17. The minimum absolute atomic E-state index is 0.176. The molecule has 88 valence electrons. The van der Waals surface area contributed by atoms with Gasteiger partial charge < -0.3 is 10.0 Å². The molecule has 1 unspecified atom stereocenters. The Balaban J connectivity index is 2.40. The van der Waals surface area contributed by atoms with Crippen LogP contribution < -0.4 is 4.90 Å². The van der Waals surface area contributed by atoms with Crippen LogP contribution in [0, 0.1) is 11.3 Å². The lowest BCUT2D eigenvalue weighted by molar-refractivity contribution is 0.0697. The van der Waals surface area contributed by atoms with Gasteiger partial charge in [-0.25, -0.2) is 4.79 Å². The molecule has 1 aliphatic rings. The average Bonchev–Trinajstić information content (AvgIpc) is 2.36. The van der Waals surface area contributed by atoms with E-state index in [0.29, 0.717) is 5.56 Å². The summed E-state index contributed by atoms with van der Waals surface area (Å²) >= 11 is 0. The van der Waals surface area contributed by atoms with Crippen LogP contribution in [0.5, 0.6) is 0 Å². The molecular weight excluding hydrogens is 216 g/mol. The van der Waals surface area contributed by atoms with Crippen molar-refractivity contribution in [2.45, 2.75) is 25.8 Å². The van der Waals surface area contributed by atoms with E-state index in [-0.39, 0.29) is 6.04 Å². The minimum atomic E-state index is -0.904. The number of carbonyl (C=O) groups is 1. The van der Waals surface area contributed by atoms with Gasteiger partial charge in [0.05, 0.1) is 11.6 Å². The second-order valence-corrected chi connectivity index (χ2v) is 4.25. The summed E-state index contributed by atoms with van der Waals surface area (Å²) in [5, 5.41) is 17.9. The number of aromatic carboxylic acids is 1. The lowest BCUT2D eigenvalue weighted by Gasteiger charge is -2.33. The highest BCUT2D eigenvalue weighted by molar-refractivity contribution is 5.88. The molecule has 0 bridgehead atoms. The topological polar surface area (TPSA) is 64.3 Å². The molecule has 1 aromatic carbocycles. The van der Waals surface area contributed by atoms with Crippen molar-refractivity contribution in [3.05, 3.63) is 29.3 Å². The Labute approximate surface area is 100 Å². The van der Waals surface area contributed by atoms with Crippen molar-refractivity contribution in [1.29, 1.82) is 5.26 Å². The molecule has 0 spiro atoms. The maximum atomic E-state index is 10.9. The summed E-state index contributed by atoms with van der Waals surface area (Å²) in [6.07, 6.45) is 1.84. The first-order valence-electron chi connectivity index (χ1n) is 5.66. The lowest BCUT2D eigenvalue weighted by atomic mass is 9.98. The Hall–Kier alpha value is -2.02. The van der Waals surface area contributed by atoms with E-state index in [1.54, 1.807) is 12.1 Å². The van der Waals surface area contributed by atoms with Crippen molar-refractivity contribution in [1.82, 2.24) is 0 Å². The van der Waals surface area contributed by atoms with Crippen molar-refractivity contribution in [3.63, 3.8) is 0 Å². The van der Waals surface area contributed by atoms with Crippen LogP contribution in [0.15, 0.2) is 18.2 Å². The van der Waals surface area contributed by atoms with Crippen molar-refractivity contribution in [2.24, 2.45) is 0 Å². The first-order chi connectivity index (χ1) is 8.13. The van der Waals surface area contributed by atoms with E-state index in [1.165, 1.54) is 0 Å². The van der Waals surface area contributed by atoms with Gasteiger partial charge >= 0.3 is 5.97 Å². The molecule has 1 atom stereocenters. The Morgan fingerprint density at radius 2 is 2.35 bits per heavy atom. The van der Waals surface area contributed by atoms with E-state index in [4.69, 9.17) is 10.4 Å². The van der Waals surface area contributed by atoms with Crippen molar-refractivity contribution in [2.75, 3.05) is 11.4 Å². The summed E-state index contributed by atoms with van der Waals surface area (Å²) in [6.45, 7) is 2.72. The molecule has 4 nitrogen and oxygen atoms in total. The van der Waals surface area contributed by atoms with Gasteiger partial charge in [-0.05, 0) is 43.5 Å². The quantitative estimate of drug-likeness (QED) is 0.844. The van der Waals surface area contributed by atoms with Crippen LogP contribution in [0.3, 0.4) is 0 Å². The summed E-state index contributed by atoms with van der Waals surface area (Å²) < 4.78 is 0. The van der Waals surface area contributed by atoms with E-state index in [1.807, 2.05) is 17.9 Å². The molecule has 0 radical (unpaired) electrons. The number of rotatable bonds is 2. The highest BCUT2D eigenvalue weighted by atomic mass is 16.4. The first-order valence-corrected chi connectivity index (χ1v) is 5.66. The summed E-state index contributed by atoms with van der Waals surface area (Å²) in [7, 11) is 0. The zero-order valence-electron chi connectivity index (χ0n) is 9.68. The predicted molar refractivity (Wildman–Crippen MR) is 64.1 cm³/mol. The lowest BCUT2D eigenvalue weighted by Crippen LogP contribution is -2.36. The monoisotopic (exact) mass is 230 g/mol. The molecule has 1 N–H and O–H groups in total. The third-order valence-corrected chi connectivity index (χ3v) is 3.14. The van der Waals surface area contributed by atoms with E-state index in [2.05, 4.69) is 6.07 Å². The fourth-order valence-electron chi connectivity index (χ4n) is 2.23. The minimum Gasteiger partial charge on any atom is -0.478 e. The molecular formula is C13H14N2O2. The van der Waals surface area contributed by atoms with Crippen molar-refractivity contribution >= 4 is 11.7 Å². The van der Waals surface area contributed by atoms with E-state index < -0.39 is 5.97 Å². The number of fused-ring (bicyclic) bond motifs is 1. The molecule has 0 aliphatic carbocycles. The number of benzene rings is 1. The Kier molecular flexibility index (Phi) is 3.01. The third-order valence-electron chi connectivity index (χ3n) is 3.14. The van der Waals surface area contributed by atoms with Crippen LogP contribution in [0.1, 0.15) is 29.3 Å². The van der Waals surface area contributed by atoms with Crippen LogP contribution in [-0.2, 0) is 6.42 Å². The highest BCUT2D eigenvalue weighted by Gasteiger charge is 2.21. The Bertz CT molecular complexity index is 491. The zero-order chi connectivity index (χ0) is 12.4. The third kappa shape index (κ3) is 2.09. The molecule has 1 aromatic rings. The van der Waals surface area contributed by atoms with E-state index in [9.17, 15) is 4.79 Å². The average molecular weight is 230 g/mol. The largest absolute Gasteiger partial charge is 0.478 e. The summed E-state index contributed by atoms with van der Waals surface area (Å²) in [5.74, 6) is -0.904. The predicted octanol–water partition coefficient (Wildman–Crippen LogP) is 2.05. The number of carboxylic acids is 1. The highest BCUT2D eigenvalue weighted by Crippen LogP contribution is 2.29. The fraction of sp³-hybridized carbons (Fsp3) is 0.385. The fourth-order valence-corrected chi connectivity index (χ4v) is 2.23. The molecule has 2 rings (SSSR count). The molecule has 0 fully saturated rings. The van der Waals surface area contributed by atoms with Gasteiger partial charge in [0, 0.05) is 12.2 Å². The number of nitriles is 1. The van der Waals surface area contributed by atoms with Crippen molar-refractivity contribution in [3.8, 4) is 6.07 Å². The van der Waals surface area contributed by atoms with Crippen LogP contribution in [0.4, 0.5) is 5.69 Å². The molecule has 1 heterocycles. The summed E-state index contributed by atoms with van der Waals surface area (Å²) in [5.41, 5.74) is 2.34. The van der Waals surface area contributed by atoms with E-state index >= 15 is 0 Å². The van der Waals surface area contributed by atoms with Gasteiger partial charge in [0.2, 0.25) is 0 Å². The van der Waals surface area contributed by atoms with E-state index in [0.717, 1.165) is 30.6 Å². The van der Waals surface area contributed by atoms with Gasteiger partial charge in [-0.2, -0.15) is 5.26 Å². The number of hydrogen-bond acceptors (Lipinski definition) is 3. The molecule has 1 aliphatic heterocycles.